The van der Waals surface area contributed by atoms with Crippen molar-refractivity contribution < 1.29 is 29.0 Å². The second kappa shape index (κ2) is 19.9. The van der Waals surface area contributed by atoms with E-state index in [-0.39, 0.29) is 31.0 Å². The summed E-state index contributed by atoms with van der Waals surface area (Å²) in [5, 5.41) is 17.2. The molecule has 0 unspecified atom stereocenters. The van der Waals surface area contributed by atoms with Gasteiger partial charge in [-0.05, 0) is 57.9 Å². The van der Waals surface area contributed by atoms with Gasteiger partial charge in [-0.3, -0.25) is 19.7 Å². The number of alkyl carbamates (subject to hydrolysis) is 1. The van der Waals surface area contributed by atoms with Gasteiger partial charge in [-0.15, -0.1) is 0 Å². The minimum absolute atomic E-state index is 0.0191. The molecule has 1 saturated carbocycles. The van der Waals surface area contributed by atoms with E-state index < -0.39 is 53.6 Å². The van der Waals surface area contributed by atoms with Crippen molar-refractivity contribution in [2.75, 3.05) is 6.54 Å². The quantitative estimate of drug-likeness (QED) is 0.104. The lowest BCUT2D eigenvalue weighted by atomic mass is 9.82. The van der Waals surface area contributed by atoms with E-state index in [1.165, 1.54) is 17.4 Å². The number of benzene rings is 1. The van der Waals surface area contributed by atoms with Crippen LogP contribution < -0.4 is 16.4 Å². The standard InChI is InChI=1S/C38H56N8O6/c1-38(2,3)52-37(51)43-18-12-6-11-17-32(47)45-35(49)31(23-28-24-40-25-44-28)46(36(50)29(39)21-26-13-7-4-8-14-26)30(22-27-15-9-5-10-16-27)33(48)34-41-19-20-42-34/h4,7-8,13-14,19-20,24-25,27,29-31,33,48H,5-6,9-12,15-18,21-23,39H2,1-3H3,(H,40,44)(H,41,42)(H,43,51)(H,45,47,49)/t29-,30-,31-,33+/m0/s1. The fourth-order valence-electron chi connectivity index (χ4n) is 6.77. The highest BCUT2D eigenvalue weighted by Crippen LogP contribution is 2.34. The van der Waals surface area contributed by atoms with E-state index in [1.54, 1.807) is 33.2 Å². The van der Waals surface area contributed by atoms with E-state index in [0.717, 1.165) is 37.7 Å². The van der Waals surface area contributed by atoms with Crippen molar-refractivity contribution in [1.29, 1.82) is 0 Å². The summed E-state index contributed by atoms with van der Waals surface area (Å²) in [7, 11) is 0. The van der Waals surface area contributed by atoms with E-state index in [9.17, 15) is 24.3 Å². The molecule has 0 saturated heterocycles. The second-order valence-electron chi connectivity index (χ2n) is 14.7. The third-order valence-corrected chi connectivity index (χ3v) is 9.30. The Labute approximate surface area is 306 Å². The van der Waals surface area contributed by atoms with Crippen LogP contribution in [0.3, 0.4) is 0 Å². The third kappa shape index (κ3) is 12.9. The Kier molecular flexibility index (Phi) is 15.4. The van der Waals surface area contributed by atoms with Crippen LogP contribution >= 0.6 is 0 Å². The number of aliphatic hydroxyl groups is 1. The number of aliphatic hydroxyl groups excluding tert-OH is 1. The smallest absolute Gasteiger partial charge is 0.407 e. The minimum Gasteiger partial charge on any atom is -0.444 e. The summed E-state index contributed by atoms with van der Waals surface area (Å²) in [6.45, 7) is 5.76. The lowest BCUT2D eigenvalue weighted by Gasteiger charge is -2.42. The van der Waals surface area contributed by atoms with Crippen LogP contribution in [0.5, 0.6) is 0 Å². The van der Waals surface area contributed by atoms with Crippen LogP contribution in [0.2, 0.25) is 0 Å². The predicted molar refractivity (Wildman–Crippen MR) is 195 cm³/mol. The number of imidazole rings is 2. The molecule has 0 spiro atoms. The van der Waals surface area contributed by atoms with E-state index in [0.29, 0.717) is 37.9 Å². The first-order valence-electron chi connectivity index (χ1n) is 18.5. The Balaban J connectivity index is 1.57. The Morgan fingerprint density at radius 1 is 1.04 bits per heavy atom. The normalized spacial score (nSPS) is 15.9. The van der Waals surface area contributed by atoms with Crippen LogP contribution in [-0.4, -0.2) is 84.0 Å². The number of amides is 4. The molecule has 0 bridgehead atoms. The molecule has 2 aromatic heterocycles. The molecule has 14 heteroatoms. The summed E-state index contributed by atoms with van der Waals surface area (Å²) in [6.07, 6.45) is 12.0. The van der Waals surface area contributed by atoms with Crippen LogP contribution in [0, 0.1) is 5.92 Å². The number of imide groups is 1. The number of nitrogens with one attached hydrogen (secondary N) is 4. The number of hydrogen-bond donors (Lipinski definition) is 6. The maximum absolute atomic E-state index is 14.7. The third-order valence-electron chi connectivity index (χ3n) is 9.30. The molecular formula is C38H56N8O6. The van der Waals surface area contributed by atoms with Crippen LogP contribution in [0.1, 0.15) is 108 Å². The summed E-state index contributed by atoms with van der Waals surface area (Å²) < 4.78 is 5.25. The minimum atomic E-state index is -1.26. The Morgan fingerprint density at radius 2 is 1.79 bits per heavy atom. The molecule has 4 amide bonds. The summed E-state index contributed by atoms with van der Waals surface area (Å²) in [5.74, 6) is -1.22. The van der Waals surface area contributed by atoms with E-state index in [2.05, 4.69) is 30.6 Å². The molecule has 3 aromatic rings. The van der Waals surface area contributed by atoms with Gasteiger partial charge in [0.1, 0.15) is 23.6 Å². The maximum atomic E-state index is 14.7. The first-order valence-corrected chi connectivity index (χ1v) is 18.5. The Hall–Kier alpha value is -4.56. The van der Waals surface area contributed by atoms with Gasteiger partial charge in [-0.2, -0.15) is 0 Å². The molecule has 1 aliphatic rings. The average Bonchev–Trinajstić information content (AvgIpc) is 3.84. The van der Waals surface area contributed by atoms with Crippen molar-refractivity contribution >= 4 is 23.8 Å². The van der Waals surface area contributed by atoms with Crippen LogP contribution in [0.4, 0.5) is 4.79 Å². The lowest BCUT2D eigenvalue weighted by Crippen LogP contribution is -2.61. The summed E-state index contributed by atoms with van der Waals surface area (Å²) >= 11 is 0. The average molecular weight is 721 g/mol. The zero-order chi connectivity index (χ0) is 37.5. The maximum Gasteiger partial charge on any atom is 0.407 e. The van der Waals surface area contributed by atoms with Gasteiger partial charge in [0, 0.05) is 38.0 Å². The molecule has 14 nitrogen and oxygen atoms in total. The predicted octanol–water partition coefficient (Wildman–Crippen LogP) is 4.24. The summed E-state index contributed by atoms with van der Waals surface area (Å²) in [4.78, 5) is 70.0. The molecule has 284 valence electrons. The number of unbranched alkanes of at least 4 members (excludes halogenated alkanes) is 2. The highest BCUT2D eigenvalue weighted by atomic mass is 16.6. The molecule has 1 aromatic carbocycles. The number of aromatic nitrogens is 4. The zero-order valence-electron chi connectivity index (χ0n) is 30.7. The molecule has 2 heterocycles. The topological polar surface area (TPSA) is 208 Å². The molecule has 4 atom stereocenters. The highest BCUT2D eigenvalue weighted by Gasteiger charge is 2.43. The Morgan fingerprint density at radius 3 is 2.44 bits per heavy atom. The van der Waals surface area contributed by atoms with Crippen molar-refractivity contribution in [3.05, 3.63) is 72.3 Å². The van der Waals surface area contributed by atoms with Gasteiger partial charge in [-0.25, -0.2) is 14.8 Å². The molecule has 4 rings (SSSR count). The zero-order valence-corrected chi connectivity index (χ0v) is 30.7. The van der Waals surface area contributed by atoms with Crippen molar-refractivity contribution in [3.63, 3.8) is 0 Å². The number of rotatable bonds is 18. The van der Waals surface area contributed by atoms with Gasteiger partial charge in [-0.1, -0.05) is 68.9 Å². The van der Waals surface area contributed by atoms with Crippen LogP contribution in [0.15, 0.2) is 55.2 Å². The molecule has 1 fully saturated rings. The van der Waals surface area contributed by atoms with Gasteiger partial charge in [0.05, 0.1) is 24.1 Å². The first-order chi connectivity index (χ1) is 24.9. The summed E-state index contributed by atoms with van der Waals surface area (Å²) in [6, 6.07) is 6.24. The largest absolute Gasteiger partial charge is 0.444 e. The number of nitrogens with two attached hydrogens (primary N) is 1. The second-order valence-corrected chi connectivity index (χ2v) is 14.7. The monoisotopic (exact) mass is 720 g/mol. The molecule has 7 N–H and O–H groups in total. The molecule has 52 heavy (non-hydrogen) atoms. The SMILES string of the molecule is CC(C)(C)OC(=O)NCCCCCC(=O)NC(=O)[C@H](Cc1c[nH]cn1)N(C(=O)[C@@H](N)Cc1ccccc1)[C@@H](CC1CCCCC1)[C@@H](O)c1ncc[nH]1. The van der Waals surface area contributed by atoms with Gasteiger partial charge >= 0.3 is 6.09 Å². The number of nitrogens with zero attached hydrogens (tertiary/aromatic N) is 3. The number of carbonyl (C=O) groups excluding carboxylic acids is 4. The fraction of sp³-hybridized carbons (Fsp3) is 0.579. The number of aromatic amines is 2. The van der Waals surface area contributed by atoms with E-state index in [1.807, 2.05) is 30.3 Å². The lowest BCUT2D eigenvalue weighted by molar-refractivity contribution is -0.150. The van der Waals surface area contributed by atoms with Crippen molar-refractivity contribution in [3.8, 4) is 0 Å². The van der Waals surface area contributed by atoms with Gasteiger partial charge in [0.15, 0.2) is 0 Å². The fourth-order valence-corrected chi connectivity index (χ4v) is 6.77. The van der Waals surface area contributed by atoms with Gasteiger partial charge < -0.3 is 35.8 Å². The Bertz CT molecular complexity index is 1520. The van der Waals surface area contributed by atoms with Crippen LogP contribution in [-0.2, 0) is 32.0 Å². The van der Waals surface area contributed by atoms with Crippen molar-refractivity contribution in [1.82, 2.24) is 35.5 Å². The number of hydrogen-bond acceptors (Lipinski definition) is 9. The van der Waals surface area contributed by atoms with E-state index >= 15 is 0 Å². The molecule has 0 radical (unpaired) electrons. The van der Waals surface area contributed by atoms with E-state index in [4.69, 9.17) is 10.5 Å². The van der Waals surface area contributed by atoms with Crippen molar-refractivity contribution in [2.24, 2.45) is 11.7 Å². The first kappa shape index (κ1) is 40.2. The molecule has 0 aliphatic heterocycles. The number of H-pyrrole nitrogens is 2. The van der Waals surface area contributed by atoms with Gasteiger partial charge in [0.2, 0.25) is 17.7 Å². The highest BCUT2D eigenvalue weighted by molar-refractivity contribution is 5.99. The summed E-state index contributed by atoms with van der Waals surface area (Å²) in [5.41, 5.74) is 7.42. The van der Waals surface area contributed by atoms with Crippen LogP contribution in [0.25, 0.3) is 0 Å². The number of carbonyl (C=O) groups is 4. The number of ether oxygens (including phenoxy) is 1. The van der Waals surface area contributed by atoms with Gasteiger partial charge in [0.25, 0.3) is 0 Å². The molecular weight excluding hydrogens is 664 g/mol. The van der Waals surface area contributed by atoms with Crippen molar-refractivity contribution in [2.45, 2.75) is 128 Å². The molecule has 1 aliphatic carbocycles.